The average molecular weight is 1220 g/mol. The summed E-state index contributed by atoms with van der Waals surface area (Å²) >= 11 is 2.68. The molecule has 0 fully saturated rings. The molecule has 0 saturated heterocycles. The zero-order valence-corrected chi connectivity index (χ0v) is 59.9. The zero-order valence-electron chi connectivity index (χ0n) is 49.3. The van der Waals surface area contributed by atoms with Crippen molar-refractivity contribution in [3.8, 4) is 22.3 Å². The fourth-order valence-electron chi connectivity index (χ4n) is 12.7. The van der Waals surface area contributed by atoms with Crippen LogP contribution >= 0.6 is 0 Å². The average Bonchev–Trinajstić information content (AvgIpc) is 3.17. The summed E-state index contributed by atoms with van der Waals surface area (Å²) in [5.74, 6) is 1.00. The molecule has 0 bridgehead atoms. The zero-order chi connectivity index (χ0) is 53.7. The van der Waals surface area contributed by atoms with E-state index in [1.54, 1.807) is 16.7 Å². The van der Waals surface area contributed by atoms with Crippen LogP contribution in [0.3, 0.4) is 0 Å². The summed E-state index contributed by atoms with van der Waals surface area (Å²) in [5.41, 5.74) is 16.9. The smallest absolute Gasteiger partial charge is 2.00 e. The van der Waals surface area contributed by atoms with Crippen LogP contribution in [0.25, 0.3) is 22.3 Å². The molecule has 0 atom stereocenters. The molecule has 71 heavy (non-hydrogen) atoms. The monoisotopic (exact) mass is 1230 g/mol. The molecule has 0 aliphatic rings. The van der Waals surface area contributed by atoms with Gasteiger partial charge >= 0.3 is 110 Å². The summed E-state index contributed by atoms with van der Waals surface area (Å²) in [6.07, 6.45) is 0. The largest absolute Gasteiger partial charge is 2.00 e. The summed E-state index contributed by atoms with van der Waals surface area (Å²) in [4.78, 5) is 0. The molecular weight excluding hydrogens is 1130 g/mol. The van der Waals surface area contributed by atoms with Crippen LogP contribution in [0.1, 0.15) is 105 Å². The molecule has 0 aromatic heterocycles. The van der Waals surface area contributed by atoms with Gasteiger partial charge in [0.15, 0.2) is 0 Å². The van der Waals surface area contributed by atoms with Gasteiger partial charge in [-0.3, -0.25) is 0 Å². The van der Waals surface area contributed by atoms with Crippen molar-refractivity contribution >= 4 is 93.0 Å². The van der Waals surface area contributed by atoms with Gasteiger partial charge in [0.2, 0.25) is 0 Å². The van der Waals surface area contributed by atoms with Gasteiger partial charge in [-0.1, -0.05) is 224 Å². The third-order valence-corrected chi connectivity index (χ3v) is 42.1. The first-order chi connectivity index (χ1) is 31.8. The Morgan fingerprint density at radius 3 is 1.08 bits per heavy atom. The second kappa shape index (κ2) is 25.8. The van der Waals surface area contributed by atoms with Crippen molar-refractivity contribution in [1.29, 1.82) is 0 Å². The second-order valence-corrected chi connectivity index (χ2v) is 61.9. The molecule has 5 aromatic carbocycles. The van der Waals surface area contributed by atoms with Crippen LogP contribution in [-0.2, 0) is 0 Å². The summed E-state index contributed by atoms with van der Waals surface area (Å²) in [6, 6.07) is 41.2. The van der Waals surface area contributed by atoms with E-state index in [0.717, 1.165) is 32.2 Å². The molecule has 0 unspecified atom stereocenters. The topological polar surface area (TPSA) is 35.4 Å². The molecule has 10 heteroatoms. The van der Waals surface area contributed by atoms with Crippen LogP contribution in [0.5, 0.6) is 0 Å². The van der Waals surface area contributed by atoms with Gasteiger partial charge in [0.05, 0.1) is 0 Å². The Kier molecular flexibility index (Phi) is 23.7. The van der Waals surface area contributed by atoms with E-state index in [1.807, 2.05) is 32.9 Å². The first-order valence-corrected chi connectivity index (χ1v) is 48.4. The first kappa shape index (κ1) is 65.3. The summed E-state index contributed by atoms with van der Waals surface area (Å²) < 4.78 is 0.440. The molecule has 5 rings (SSSR count). The molecule has 0 spiro atoms. The fraction of sp³-hybridized carbons (Fsp3) is 0.492. The normalized spacial score (nSPS) is 13.0. The van der Waals surface area contributed by atoms with Crippen molar-refractivity contribution in [2.24, 2.45) is 5.16 Å². The number of aryl methyl sites for hydroxylation is 3. The molecule has 0 N–H and O–H groups in total. The van der Waals surface area contributed by atoms with E-state index in [4.69, 9.17) is 0 Å². The standard InChI is InChI=1S/C27H59Si6.C24H25.C10H13NOSe.Sn/c1-28(2,3)25(29(4,5)6)22-19-23(26(30(7,8)9)31(10,11)12)21-24(20-22)27(32(13,14)15)33(16,17)18;1-17(2)21-12-5-7-14-23(21)19-10-9-11-20(16-19)24-15-8-6-13-22(24)18(3)4;1-6-4-7(2)9(8(3)5-6)10(13)11-12;/h19-20,25-27H,1-18H3;5-15,17-18H,1-4H3;4-5,12H,1-3H3,(H,11,13);/q;;;+2/p-2. The molecule has 2 nitrogen and oxygen atoms in total. The van der Waals surface area contributed by atoms with E-state index in [2.05, 4.69) is 258 Å². The Balaban J connectivity index is 0.000000395. The number of nitrogens with zero attached hydrogens (tertiary/aromatic N) is 1. The van der Waals surface area contributed by atoms with Gasteiger partial charge in [0.25, 0.3) is 0 Å². The van der Waals surface area contributed by atoms with Crippen LogP contribution in [0.15, 0.2) is 96.2 Å². The Morgan fingerprint density at radius 2 is 0.789 bits per heavy atom. The Labute approximate surface area is 468 Å². The Bertz CT molecular complexity index is 2290. The van der Waals surface area contributed by atoms with Gasteiger partial charge < -0.3 is 0 Å². The predicted octanol–water partition coefficient (Wildman–Crippen LogP) is 18.7. The SMILES string of the molecule is CC(C)c1ccccc1-c1[c]c(-c2ccccc2C(C)C)ccc1.C[Si](C)(C)C(c1[c]c(C([Si](C)(C)C)[Si](C)(C)C)cc(C([Si](C)(C)C)[Si](C)(C)C)c1)[Si](C)(C)C.Cc1cc(C)c(C([Se-])=N[O-])c(C)c1.[Sn+2]. The number of hydrogen-bond donors (Lipinski definition) is 0. The van der Waals surface area contributed by atoms with Gasteiger partial charge in [0.1, 0.15) is 0 Å². The van der Waals surface area contributed by atoms with E-state index in [9.17, 15) is 5.21 Å². The van der Waals surface area contributed by atoms with Gasteiger partial charge in [0, 0.05) is 48.4 Å². The minimum Gasteiger partial charge on any atom is 2.00 e. The number of rotatable bonds is 14. The van der Waals surface area contributed by atoms with Crippen LogP contribution < -0.4 is 0 Å². The fourth-order valence-corrected chi connectivity index (χ4v) is 51.3. The van der Waals surface area contributed by atoms with Gasteiger partial charge in [-0.25, -0.2) is 0 Å². The third kappa shape index (κ3) is 18.2. The summed E-state index contributed by atoms with van der Waals surface area (Å²) in [6.45, 7) is 62.0. The third-order valence-electron chi connectivity index (χ3n) is 13.6. The van der Waals surface area contributed by atoms with Crippen LogP contribution in [0.4, 0.5) is 0 Å². The molecule has 384 valence electrons. The molecule has 0 aliphatic heterocycles. The van der Waals surface area contributed by atoms with Crippen LogP contribution in [0.2, 0.25) is 118 Å². The van der Waals surface area contributed by atoms with Gasteiger partial charge in [-0.15, -0.1) is 0 Å². The minimum atomic E-state index is -1.39. The molecule has 0 aliphatic carbocycles. The van der Waals surface area contributed by atoms with Crippen molar-refractivity contribution in [2.75, 3.05) is 0 Å². The molecule has 5 aromatic rings. The van der Waals surface area contributed by atoms with E-state index >= 15 is 0 Å². The van der Waals surface area contributed by atoms with E-state index in [1.165, 1.54) is 38.9 Å². The molecule has 4 radical (unpaired) electrons. The Morgan fingerprint density at radius 1 is 0.465 bits per heavy atom. The minimum absolute atomic E-state index is 0. The van der Waals surface area contributed by atoms with Crippen LogP contribution in [-0.4, -0.2) is 93.0 Å². The van der Waals surface area contributed by atoms with Crippen molar-refractivity contribution < 1.29 is 0 Å². The molecule has 0 amide bonds. The van der Waals surface area contributed by atoms with E-state index in [0.29, 0.717) is 16.4 Å². The number of benzene rings is 5. The maximum atomic E-state index is 10.4. The van der Waals surface area contributed by atoms with E-state index < -0.39 is 48.4 Å². The molecule has 0 saturated carbocycles. The molecule has 0 heterocycles. The number of hydrogen-bond acceptors (Lipinski definition) is 2. The van der Waals surface area contributed by atoms with Crippen molar-refractivity contribution in [2.45, 2.75) is 194 Å². The van der Waals surface area contributed by atoms with Crippen molar-refractivity contribution in [3.63, 3.8) is 0 Å². The Hall–Kier alpha value is -1.81. The van der Waals surface area contributed by atoms with Crippen LogP contribution in [0, 0.1) is 38.1 Å². The maximum absolute atomic E-state index is 10.4. The molecular formula is C61H95NOSeSi6Sn. The quantitative estimate of drug-likeness (QED) is 0.0620. The van der Waals surface area contributed by atoms with Gasteiger partial charge in [-0.05, 0) is 89.5 Å². The maximum Gasteiger partial charge on any atom is 2.00 e. The van der Waals surface area contributed by atoms with E-state index in [-0.39, 0.29) is 23.9 Å². The summed E-state index contributed by atoms with van der Waals surface area (Å²) in [5, 5.41) is 15.6. The van der Waals surface area contributed by atoms with Crippen molar-refractivity contribution in [1.82, 2.24) is 0 Å². The predicted molar refractivity (Wildman–Crippen MR) is 340 cm³/mol. The summed E-state index contributed by atoms with van der Waals surface area (Å²) in [7, 11) is -8.28. The first-order valence-electron chi connectivity index (χ1n) is 26.1. The van der Waals surface area contributed by atoms with Crippen molar-refractivity contribution in [3.05, 3.63) is 158 Å². The van der Waals surface area contributed by atoms with Gasteiger partial charge in [-0.2, -0.15) is 0 Å². The second-order valence-electron chi connectivity index (χ2n) is 27.5.